The number of rotatable bonds is 3. The summed E-state index contributed by atoms with van der Waals surface area (Å²) in [5.41, 5.74) is 2.76. The van der Waals surface area contributed by atoms with Crippen LogP contribution >= 0.6 is 0 Å². The lowest BCUT2D eigenvalue weighted by Crippen LogP contribution is -2.52. The van der Waals surface area contributed by atoms with E-state index in [1.54, 1.807) is 0 Å². The van der Waals surface area contributed by atoms with Gasteiger partial charge in [0.1, 0.15) is 0 Å². The Kier molecular flexibility index (Phi) is 4.65. The van der Waals surface area contributed by atoms with Crippen LogP contribution in [0.25, 0.3) is 0 Å². The van der Waals surface area contributed by atoms with Crippen LogP contribution < -0.4 is 5.90 Å². The zero-order valence-corrected chi connectivity index (χ0v) is 14.1. The molecule has 0 radical (unpaired) electrons. The van der Waals surface area contributed by atoms with Crippen LogP contribution in [0.5, 0.6) is 0 Å². The van der Waals surface area contributed by atoms with Gasteiger partial charge in [0.25, 0.3) is 0 Å². The minimum Gasteiger partial charge on any atom is -0.213 e. The first-order chi connectivity index (χ1) is 11.9. The molecule has 2 aliphatic rings. The average molecular weight is 322 g/mol. The summed E-state index contributed by atoms with van der Waals surface area (Å²) < 4.78 is 0. The van der Waals surface area contributed by atoms with Crippen molar-refractivity contribution in [2.45, 2.75) is 50.1 Å². The Morgan fingerprint density at radius 1 is 0.833 bits per heavy atom. The van der Waals surface area contributed by atoms with Gasteiger partial charge in [-0.3, -0.25) is 0 Å². The molecular formula is C21H26N2O. The first kappa shape index (κ1) is 15.8. The molecule has 2 aromatic rings. The van der Waals surface area contributed by atoms with Crippen molar-refractivity contribution in [1.82, 2.24) is 5.06 Å². The molecule has 0 bridgehead atoms. The van der Waals surface area contributed by atoms with Gasteiger partial charge in [-0.05, 0) is 42.2 Å². The number of hydroxylamine groups is 2. The van der Waals surface area contributed by atoms with Crippen molar-refractivity contribution in [2.75, 3.05) is 0 Å². The highest BCUT2D eigenvalue weighted by molar-refractivity contribution is 5.26. The fourth-order valence-electron chi connectivity index (χ4n) is 4.87. The number of piperidine rings is 1. The molecule has 1 heterocycles. The van der Waals surface area contributed by atoms with Crippen LogP contribution in [0, 0.1) is 5.92 Å². The van der Waals surface area contributed by atoms with Crippen molar-refractivity contribution >= 4 is 0 Å². The lowest BCUT2D eigenvalue weighted by Gasteiger charge is -2.50. The van der Waals surface area contributed by atoms with E-state index in [0.29, 0.717) is 17.9 Å². The molecule has 2 aromatic carbocycles. The third-order valence-corrected chi connectivity index (χ3v) is 5.94. The van der Waals surface area contributed by atoms with E-state index in [4.69, 9.17) is 10.8 Å². The quantitative estimate of drug-likeness (QED) is 0.841. The lowest BCUT2D eigenvalue weighted by atomic mass is 9.67. The molecule has 1 saturated heterocycles. The van der Waals surface area contributed by atoms with E-state index in [1.165, 1.54) is 36.8 Å². The van der Waals surface area contributed by atoms with E-state index in [2.05, 4.69) is 65.7 Å². The van der Waals surface area contributed by atoms with Gasteiger partial charge >= 0.3 is 0 Å². The largest absolute Gasteiger partial charge is 0.213 e. The summed E-state index contributed by atoms with van der Waals surface area (Å²) in [5.74, 6) is 6.95. The Labute approximate surface area is 144 Å². The normalized spacial score (nSPS) is 30.7. The van der Waals surface area contributed by atoms with E-state index in [1.807, 2.05) is 0 Å². The molecule has 1 aliphatic carbocycles. The Morgan fingerprint density at radius 2 is 1.46 bits per heavy atom. The predicted molar refractivity (Wildman–Crippen MR) is 95.8 cm³/mol. The Bertz CT molecular complexity index is 598. The molecule has 3 nitrogen and oxygen atoms in total. The summed E-state index contributed by atoms with van der Waals surface area (Å²) >= 11 is 0. The van der Waals surface area contributed by atoms with Gasteiger partial charge in [0.15, 0.2) is 0 Å². The van der Waals surface area contributed by atoms with Crippen LogP contribution in [0.15, 0.2) is 60.7 Å². The van der Waals surface area contributed by atoms with E-state index in [0.717, 1.165) is 6.42 Å². The molecule has 1 saturated carbocycles. The van der Waals surface area contributed by atoms with Crippen molar-refractivity contribution in [3.63, 3.8) is 0 Å². The molecule has 3 heteroatoms. The minimum absolute atomic E-state index is 0.223. The van der Waals surface area contributed by atoms with Gasteiger partial charge in [-0.1, -0.05) is 73.5 Å². The highest BCUT2D eigenvalue weighted by atomic mass is 16.8. The van der Waals surface area contributed by atoms with Gasteiger partial charge < -0.3 is 0 Å². The molecule has 4 atom stereocenters. The maximum absolute atomic E-state index is 5.75. The minimum atomic E-state index is 0.223. The highest BCUT2D eigenvalue weighted by Crippen LogP contribution is 2.50. The summed E-state index contributed by atoms with van der Waals surface area (Å²) in [4.78, 5) is 5.45. The van der Waals surface area contributed by atoms with Crippen LogP contribution in [0.1, 0.15) is 55.2 Å². The van der Waals surface area contributed by atoms with Crippen LogP contribution in [0.2, 0.25) is 0 Å². The van der Waals surface area contributed by atoms with Gasteiger partial charge in [0.2, 0.25) is 0 Å². The molecule has 0 aromatic heterocycles. The van der Waals surface area contributed by atoms with E-state index < -0.39 is 0 Å². The second-order valence-corrected chi connectivity index (χ2v) is 7.16. The number of hydrogen-bond donors (Lipinski definition) is 1. The van der Waals surface area contributed by atoms with Crippen molar-refractivity contribution < 1.29 is 4.94 Å². The summed E-state index contributed by atoms with van der Waals surface area (Å²) in [7, 11) is 0. The van der Waals surface area contributed by atoms with Gasteiger partial charge in [-0.25, -0.2) is 4.94 Å². The van der Waals surface area contributed by atoms with Crippen LogP contribution in [0.4, 0.5) is 0 Å². The maximum Gasteiger partial charge on any atom is 0.0630 e. The zero-order chi connectivity index (χ0) is 16.4. The number of nitrogens with zero attached hydrogens (tertiary/aromatic N) is 1. The van der Waals surface area contributed by atoms with Gasteiger partial charge in [0, 0.05) is 6.04 Å². The lowest BCUT2D eigenvalue weighted by molar-refractivity contribution is -0.253. The molecule has 0 amide bonds. The number of benzene rings is 2. The SMILES string of the molecule is NON1[C@H](c2ccccc2)C[C@@H](c2ccccc2)[C@H]2CCCC[C@@H]21. The van der Waals surface area contributed by atoms with Gasteiger partial charge in [0.05, 0.1) is 6.04 Å². The molecule has 0 unspecified atom stereocenters. The molecule has 1 aliphatic heterocycles. The number of nitrogens with two attached hydrogens (primary N) is 1. The first-order valence-corrected chi connectivity index (χ1v) is 9.13. The average Bonchev–Trinajstić information content (AvgIpc) is 2.68. The van der Waals surface area contributed by atoms with Crippen LogP contribution in [-0.2, 0) is 4.94 Å². The number of hydrogen-bond acceptors (Lipinski definition) is 3. The summed E-state index contributed by atoms with van der Waals surface area (Å²) in [6, 6.07) is 22.3. The van der Waals surface area contributed by atoms with Crippen molar-refractivity contribution in [1.29, 1.82) is 0 Å². The molecule has 24 heavy (non-hydrogen) atoms. The zero-order valence-electron chi connectivity index (χ0n) is 14.1. The Balaban J connectivity index is 1.72. The third kappa shape index (κ3) is 2.88. The first-order valence-electron chi connectivity index (χ1n) is 9.13. The molecule has 2 fully saturated rings. The maximum atomic E-state index is 5.75. The third-order valence-electron chi connectivity index (χ3n) is 5.94. The molecular weight excluding hydrogens is 296 g/mol. The van der Waals surface area contributed by atoms with E-state index in [9.17, 15) is 0 Å². The van der Waals surface area contributed by atoms with Crippen molar-refractivity contribution in [3.05, 3.63) is 71.8 Å². The van der Waals surface area contributed by atoms with Crippen molar-refractivity contribution in [2.24, 2.45) is 11.8 Å². The Hall–Kier alpha value is -1.68. The molecule has 2 N–H and O–H groups in total. The monoisotopic (exact) mass is 322 g/mol. The fourth-order valence-corrected chi connectivity index (χ4v) is 4.87. The van der Waals surface area contributed by atoms with Gasteiger partial charge in [-0.15, -0.1) is 0 Å². The topological polar surface area (TPSA) is 38.5 Å². The second-order valence-electron chi connectivity index (χ2n) is 7.16. The summed E-state index contributed by atoms with van der Waals surface area (Å²) in [6.07, 6.45) is 6.09. The van der Waals surface area contributed by atoms with E-state index >= 15 is 0 Å². The smallest absolute Gasteiger partial charge is 0.0630 e. The van der Waals surface area contributed by atoms with Crippen LogP contribution in [0.3, 0.4) is 0 Å². The predicted octanol–water partition coefficient (Wildman–Crippen LogP) is 4.58. The highest BCUT2D eigenvalue weighted by Gasteiger charge is 2.45. The summed E-state index contributed by atoms with van der Waals surface area (Å²) in [5, 5.41) is 2.10. The number of fused-ring (bicyclic) bond motifs is 1. The van der Waals surface area contributed by atoms with Crippen molar-refractivity contribution in [3.8, 4) is 0 Å². The Morgan fingerprint density at radius 3 is 2.12 bits per heavy atom. The molecule has 4 rings (SSSR count). The van der Waals surface area contributed by atoms with E-state index in [-0.39, 0.29) is 6.04 Å². The summed E-state index contributed by atoms with van der Waals surface area (Å²) in [6.45, 7) is 0. The fraction of sp³-hybridized carbons (Fsp3) is 0.429. The standard InChI is InChI=1S/C21H26N2O/c22-24-23-20-14-8-7-13-18(20)19(16-9-3-1-4-10-16)15-21(23)17-11-5-2-6-12-17/h1-6,9-12,18-21H,7-8,13-15,22H2/t18-,19+,20+,21+/m1/s1. The molecule has 126 valence electrons. The molecule has 0 spiro atoms. The van der Waals surface area contributed by atoms with Gasteiger partial charge in [-0.2, -0.15) is 11.0 Å². The second kappa shape index (κ2) is 7.06. The van der Waals surface area contributed by atoms with Crippen LogP contribution in [-0.4, -0.2) is 11.1 Å².